The van der Waals surface area contributed by atoms with Crippen LogP contribution in [-0.4, -0.2) is 61.3 Å². The van der Waals surface area contributed by atoms with Gasteiger partial charge in [-0.1, -0.05) is 0 Å². The zero-order valence-corrected chi connectivity index (χ0v) is 16.2. The fourth-order valence-electron chi connectivity index (χ4n) is 3.90. The SMILES string of the molecule is C[C@H]1OC(Oc2cc3c(=O)oc4c(O)c(O)cc5c(=O)oc(c2O)c3c45)[C@@H](O)[C@@H](O)[C@@H]1O. The Bertz CT molecular complexity index is 1480. The molecule has 12 nitrogen and oxygen atoms in total. The van der Waals surface area contributed by atoms with Crippen LogP contribution in [0.3, 0.4) is 0 Å². The lowest BCUT2D eigenvalue weighted by atomic mass is 10.00. The standard InChI is InChI=1S/C20H16O12/c1-4-11(22)14(25)15(26)20(29-4)30-8-3-6-10-9-5(18(27)32-17(10)13(8)24)2-7(21)12(23)16(9)31-19(6)28/h2-4,11,14-15,20-26H,1H3/t4-,11-,14+,15+,20?/m1/s1. The van der Waals surface area contributed by atoms with E-state index in [1.807, 2.05) is 0 Å². The number of aliphatic hydroxyl groups excluding tert-OH is 3. The molecule has 0 radical (unpaired) electrons. The molecule has 32 heavy (non-hydrogen) atoms. The van der Waals surface area contributed by atoms with Crippen molar-refractivity contribution in [1.82, 2.24) is 0 Å². The van der Waals surface area contributed by atoms with Crippen LogP contribution >= 0.6 is 0 Å². The largest absolute Gasteiger partial charge is 0.504 e. The van der Waals surface area contributed by atoms with Crippen LogP contribution in [0.5, 0.6) is 23.0 Å². The third kappa shape index (κ3) is 2.64. The van der Waals surface area contributed by atoms with Crippen molar-refractivity contribution in [3.05, 3.63) is 33.0 Å². The highest BCUT2D eigenvalue weighted by atomic mass is 16.7. The van der Waals surface area contributed by atoms with E-state index in [1.54, 1.807) is 0 Å². The summed E-state index contributed by atoms with van der Waals surface area (Å²) in [5.74, 6) is -2.67. The molecule has 6 N–H and O–H groups in total. The van der Waals surface area contributed by atoms with Crippen LogP contribution in [0.2, 0.25) is 0 Å². The van der Waals surface area contributed by atoms with E-state index in [0.29, 0.717) is 0 Å². The molecule has 2 aromatic carbocycles. The van der Waals surface area contributed by atoms with Crippen LogP contribution in [0.1, 0.15) is 6.92 Å². The van der Waals surface area contributed by atoms with E-state index in [-0.39, 0.29) is 21.5 Å². The van der Waals surface area contributed by atoms with Crippen LogP contribution in [0.25, 0.3) is 32.7 Å². The Hall–Kier alpha value is -3.58. The monoisotopic (exact) mass is 448 g/mol. The number of rotatable bonds is 2. The van der Waals surface area contributed by atoms with Crippen molar-refractivity contribution >= 4 is 32.7 Å². The molecular weight excluding hydrogens is 432 g/mol. The maximum Gasteiger partial charge on any atom is 0.344 e. The number of aliphatic hydroxyl groups is 3. The summed E-state index contributed by atoms with van der Waals surface area (Å²) in [4.78, 5) is 25.1. The molecule has 12 heteroatoms. The van der Waals surface area contributed by atoms with Crippen LogP contribution in [-0.2, 0) is 4.74 Å². The maximum atomic E-state index is 12.6. The number of ether oxygens (including phenoxy) is 2. The molecule has 0 amide bonds. The highest BCUT2D eigenvalue weighted by molar-refractivity contribution is 6.22. The highest BCUT2D eigenvalue weighted by Gasteiger charge is 2.43. The third-order valence-corrected chi connectivity index (χ3v) is 5.59. The molecule has 3 heterocycles. The van der Waals surface area contributed by atoms with Crippen molar-refractivity contribution in [2.45, 2.75) is 37.6 Å². The molecule has 5 rings (SSSR count). The van der Waals surface area contributed by atoms with Crippen LogP contribution in [0.4, 0.5) is 0 Å². The minimum Gasteiger partial charge on any atom is -0.504 e. The van der Waals surface area contributed by atoms with Crippen LogP contribution in [0, 0.1) is 0 Å². The van der Waals surface area contributed by atoms with Gasteiger partial charge < -0.3 is 48.9 Å². The van der Waals surface area contributed by atoms with Crippen molar-refractivity contribution in [2.24, 2.45) is 0 Å². The van der Waals surface area contributed by atoms with Crippen molar-refractivity contribution in [2.75, 3.05) is 0 Å². The summed E-state index contributed by atoms with van der Waals surface area (Å²) in [6.45, 7) is 1.42. The van der Waals surface area contributed by atoms with Gasteiger partial charge in [-0.25, -0.2) is 9.59 Å². The number of phenols is 3. The lowest BCUT2D eigenvalue weighted by Crippen LogP contribution is -2.58. The van der Waals surface area contributed by atoms with E-state index in [9.17, 15) is 40.2 Å². The molecule has 1 aliphatic heterocycles. The van der Waals surface area contributed by atoms with E-state index >= 15 is 0 Å². The Kier molecular flexibility index (Phi) is 4.26. The summed E-state index contributed by atoms with van der Waals surface area (Å²) >= 11 is 0. The molecule has 1 fully saturated rings. The molecule has 0 bridgehead atoms. The van der Waals surface area contributed by atoms with Gasteiger partial charge in [-0.05, 0) is 19.1 Å². The average Bonchev–Trinajstić information content (AvgIpc) is 2.75. The fourth-order valence-corrected chi connectivity index (χ4v) is 3.90. The lowest BCUT2D eigenvalue weighted by Gasteiger charge is -2.38. The maximum absolute atomic E-state index is 12.6. The second kappa shape index (κ2) is 6.71. The van der Waals surface area contributed by atoms with Gasteiger partial charge in [0.2, 0.25) is 17.8 Å². The molecule has 0 spiro atoms. The van der Waals surface area contributed by atoms with Gasteiger partial charge in [0.1, 0.15) is 18.3 Å². The van der Waals surface area contributed by atoms with Crippen LogP contribution in [0.15, 0.2) is 30.6 Å². The number of hydrogen-bond donors (Lipinski definition) is 6. The van der Waals surface area contributed by atoms with Gasteiger partial charge in [0.15, 0.2) is 22.7 Å². The molecule has 168 valence electrons. The zero-order valence-electron chi connectivity index (χ0n) is 16.2. The van der Waals surface area contributed by atoms with Gasteiger partial charge in [-0.3, -0.25) is 0 Å². The van der Waals surface area contributed by atoms with Gasteiger partial charge in [-0.2, -0.15) is 0 Å². The minimum atomic E-state index is -1.71. The Morgan fingerprint density at radius 3 is 2.00 bits per heavy atom. The zero-order chi connectivity index (χ0) is 23.1. The highest BCUT2D eigenvalue weighted by Crippen LogP contribution is 2.45. The first-order chi connectivity index (χ1) is 15.1. The molecule has 1 saturated heterocycles. The van der Waals surface area contributed by atoms with Gasteiger partial charge >= 0.3 is 11.3 Å². The smallest absolute Gasteiger partial charge is 0.344 e. The average molecular weight is 448 g/mol. The summed E-state index contributed by atoms with van der Waals surface area (Å²) in [7, 11) is 0. The first-order valence-corrected chi connectivity index (χ1v) is 9.40. The second-order valence-corrected chi connectivity index (χ2v) is 7.55. The molecule has 0 aliphatic carbocycles. The van der Waals surface area contributed by atoms with Crippen LogP contribution < -0.4 is 16.0 Å². The Morgan fingerprint density at radius 2 is 1.38 bits per heavy atom. The summed E-state index contributed by atoms with van der Waals surface area (Å²) in [5, 5.41) is 60.0. The van der Waals surface area contributed by atoms with E-state index in [1.165, 1.54) is 6.92 Å². The number of aromatic hydroxyl groups is 3. The number of phenolic OH excluding ortho intramolecular Hbond substituents is 3. The first-order valence-electron chi connectivity index (χ1n) is 9.40. The Morgan fingerprint density at radius 1 is 0.812 bits per heavy atom. The summed E-state index contributed by atoms with van der Waals surface area (Å²) in [6.07, 6.45) is -7.21. The molecule has 1 unspecified atom stereocenters. The van der Waals surface area contributed by atoms with E-state index < -0.39 is 76.1 Å². The third-order valence-electron chi connectivity index (χ3n) is 5.59. The summed E-state index contributed by atoms with van der Waals surface area (Å²) < 4.78 is 21.0. The topological polar surface area (TPSA) is 200 Å². The second-order valence-electron chi connectivity index (χ2n) is 7.55. The van der Waals surface area contributed by atoms with Crippen molar-refractivity contribution in [3.8, 4) is 23.0 Å². The van der Waals surface area contributed by atoms with E-state index in [2.05, 4.69) is 0 Å². The molecular formula is C20H16O12. The Balaban J connectivity index is 1.76. The number of hydrogen-bond acceptors (Lipinski definition) is 12. The Labute approximate surface area is 176 Å². The minimum absolute atomic E-state index is 0.0656. The molecule has 4 aromatic rings. The predicted molar refractivity (Wildman–Crippen MR) is 105 cm³/mol. The summed E-state index contributed by atoms with van der Waals surface area (Å²) in [6, 6.07) is 1.98. The van der Waals surface area contributed by atoms with Gasteiger partial charge in [0.05, 0.1) is 16.9 Å². The van der Waals surface area contributed by atoms with E-state index in [4.69, 9.17) is 18.3 Å². The van der Waals surface area contributed by atoms with Crippen molar-refractivity contribution < 1.29 is 48.9 Å². The molecule has 1 aliphatic rings. The van der Waals surface area contributed by atoms with Gasteiger partial charge in [0, 0.05) is 10.8 Å². The van der Waals surface area contributed by atoms with Gasteiger partial charge in [0.25, 0.3) is 0 Å². The normalized spacial score (nSPS) is 26.3. The predicted octanol–water partition coefficient (Wildman–Crippen LogP) is -0.187. The molecule has 2 aromatic heterocycles. The molecule has 0 saturated carbocycles. The number of benzene rings is 2. The lowest BCUT2D eigenvalue weighted by molar-refractivity contribution is -0.268. The molecule has 5 atom stereocenters. The first kappa shape index (κ1) is 20.3. The van der Waals surface area contributed by atoms with Crippen molar-refractivity contribution in [1.29, 1.82) is 0 Å². The van der Waals surface area contributed by atoms with E-state index in [0.717, 1.165) is 12.1 Å². The van der Waals surface area contributed by atoms with Crippen molar-refractivity contribution in [3.63, 3.8) is 0 Å². The summed E-state index contributed by atoms with van der Waals surface area (Å²) in [5.41, 5.74) is -2.98. The quantitative estimate of drug-likeness (QED) is 0.134. The van der Waals surface area contributed by atoms with Gasteiger partial charge in [-0.15, -0.1) is 0 Å². The fraction of sp³-hybridized carbons (Fsp3) is 0.300.